The Kier molecular flexibility index (Phi) is 10.4. The van der Waals surface area contributed by atoms with Gasteiger partial charge in [0.05, 0.1) is 11.8 Å². The average molecular weight is 219 g/mol. The van der Waals surface area contributed by atoms with Crippen LogP contribution in [0.1, 0.15) is 13.3 Å². The zero-order valence-corrected chi connectivity index (χ0v) is 9.66. The minimum atomic E-state index is 0.288. The number of aliphatic hydroxyl groups is 1. The van der Waals surface area contributed by atoms with Gasteiger partial charge in [0.15, 0.2) is 0 Å². The molecule has 0 bridgehead atoms. The van der Waals surface area contributed by atoms with E-state index in [1.807, 2.05) is 11.8 Å². The summed E-state index contributed by atoms with van der Waals surface area (Å²) < 4.78 is 0. The molecule has 0 aliphatic rings. The fraction of sp³-hybridized carbons (Fsp3) is 0.889. The minimum Gasteiger partial charge on any atom is -0.396 e. The maximum absolute atomic E-state index is 8.75. The molecule has 1 atom stereocenters. The van der Waals surface area contributed by atoms with Crippen molar-refractivity contribution in [3.8, 4) is 6.07 Å². The van der Waals surface area contributed by atoms with Crippen molar-refractivity contribution in [3.05, 3.63) is 0 Å². The van der Waals surface area contributed by atoms with Crippen molar-refractivity contribution in [2.24, 2.45) is 5.92 Å². The topological polar surface area (TPSA) is 44.0 Å². The number of nitriles is 1. The lowest BCUT2D eigenvalue weighted by Crippen LogP contribution is -2.04. The predicted molar refractivity (Wildman–Crippen MR) is 61.1 cm³/mol. The van der Waals surface area contributed by atoms with Crippen molar-refractivity contribution in [1.29, 1.82) is 5.26 Å². The Labute approximate surface area is 89.1 Å². The van der Waals surface area contributed by atoms with Crippen LogP contribution in [-0.4, -0.2) is 34.7 Å². The Morgan fingerprint density at radius 1 is 1.38 bits per heavy atom. The molecular weight excluding hydrogens is 202 g/mol. The van der Waals surface area contributed by atoms with Crippen LogP contribution in [0.15, 0.2) is 0 Å². The molecule has 0 aliphatic carbocycles. The number of nitrogens with zero attached hydrogens (tertiary/aromatic N) is 1. The molecular formula is C9H17NOS2. The highest BCUT2D eigenvalue weighted by molar-refractivity contribution is 8.00. The summed E-state index contributed by atoms with van der Waals surface area (Å²) >= 11 is 3.58. The van der Waals surface area contributed by atoms with Crippen molar-refractivity contribution in [3.63, 3.8) is 0 Å². The van der Waals surface area contributed by atoms with Crippen LogP contribution >= 0.6 is 23.5 Å². The molecule has 4 heteroatoms. The summed E-state index contributed by atoms with van der Waals surface area (Å²) in [5.41, 5.74) is 0. The van der Waals surface area contributed by atoms with E-state index in [9.17, 15) is 0 Å². The first kappa shape index (κ1) is 13.2. The van der Waals surface area contributed by atoms with E-state index in [0.29, 0.717) is 11.7 Å². The number of hydrogen-bond donors (Lipinski definition) is 1. The third-order valence-corrected chi connectivity index (χ3v) is 3.75. The summed E-state index contributed by atoms with van der Waals surface area (Å²) in [5, 5.41) is 17.0. The number of aliphatic hydroxyl groups excluding tert-OH is 1. The molecule has 0 rings (SSSR count). The van der Waals surface area contributed by atoms with Crippen LogP contribution in [0.5, 0.6) is 0 Å². The van der Waals surface area contributed by atoms with E-state index in [1.54, 1.807) is 11.8 Å². The fourth-order valence-electron chi connectivity index (χ4n) is 0.718. The van der Waals surface area contributed by atoms with Crippen molar-refractivity contribution < 1.29 is 5.11 Å². The zero-order chi connectivity index (χ0) is 9.94. The lowest BCUT2D eigenvalue weighted by atomic mass is 10.2. The van der Waals surface area contributed by atoms with Crippen LogP contribution in [0, 0.1) is 17.2 Å². The summed E-state index contributed by atoms with van der Waals surface area (Å²) in [4.78, 5) is 0. The summed E-state index contributed by atoms with van der Waals surface area (Å²) in [6.07, 6.45) is 1.16. The van der Waals surface area contributed by atoms with Crippen LogP contribution in [0.4, 0.5) is 0 Å². The third-order valence-electron chi connectivity index (χ3n) is 1.46. The van der Waals surface area contributed by atoms with Gasteiger partial charge >= 0.3 is 0 Å². The van der Waals surface area contributed by atoms with E-state index < -0.39 is 0 Å². The quantitative estimate of drug-likeness (QED) is 0.634. The number of rotatable bonds is 8. The third kappa shape index (κ3) is 10.1. The lowest BCUT2D eigenvalue weighted by Gasteiger charge is -2.06. The molecule has 0 amide bonds. The number of hydrogen-bond acceptors (Lipinski definition) is 4. The average Bonchev–Trinajstić information content (AvgIpc) is 2.16. The molecule has 0 saturated carbocycles. The van der Waals surface area contributed by atoms with Gasteiger partial charge in [0.1, 0.15) is 0 Å². The number of thioether (sulfide) groups is 2. The Hall–Kier alpha value is 0.150. The molecule has 13 heavy (non-hydrogen) atoms. The molecule has 0 saturated heterocycles. The van der Waals surface area contributed by atoms with E-state index in [4.69, 9.17) is 10.4 Å². The fourth-order valence-corrected chi connectivity index (χ4v) is 2.51. The Morgan fingerprint density at radius 2 is 2.08 bits per heavy atom. The van der Waals surface area contributed by atoms with Crippen molar-refractivity contribution in [2.75, 3.05) is 29.6 Å². The first-order valence-corrected chi connectivity index (χ1v) is 6.75. The van der Waals surface area contributed by atoms with Gasteiger partial charge in [-0.25, -0.2) is 0 Å². The van der Waals surface area contributed by atoms with E-state index in [1.165, 1.54) is 0 Å². The summed E-state index contributed by atoms with van der Waals surface area (Å²) in [7, 11) is 0. The monoisotopic (exact) mass is 219 g/mol. The molecule has 0 spiro atoms. The van der Waals surface area contributed by atoms with Gasteiger partial charge in [-0.15, -0.1) is 11.8 Å². The van der Waals surface area contributed by atoms with E-state index in [0.717, 1.165) is 23.7 Å². The first-order chi connectivity index (χ1) is 6.31. The van der Waals surface area contributed by atoms with Crippen LogP contribution < -0.4 is 0 Å². The molecule has 0 fully saturated rings. The molecule has 2 nitrogen and oxygen atoms in total. The minimum absolute atomic E-state index is 0.288. The van der Waals surface area contributed by atoms with Crippen molar-refractivity contribution in [2.45, 2.75) is 13.3 Å². The Balaban J connectivity index is 2.96. The summed E-state index contributed by atoms with van der Waals surface area (Å²) in [6, 6.07) is 2.11. The molecule has 0 aliphatic heterocycles. The van der Waals surface area contributed by atoms with Crippen molar-refractivity contribution >= 4 is 23.5 Å². The van der Waals surface area contributed by atoms with Crippen LogP contribution in [0.25, 0.3) is 0 Å². The standard InChI is InChI=1S/C9H17NOS2/c1-9(7-11)8-13-5-2-4-12-6-3-10/h9,11H,2,4-8H2,1H3. The highest BCUT2D eigenvalue weighted by Crippen LogP contribution is 2.11. The lowest BCUT2D eigenvalue weighted by molar-refractivity contribution is 0.250. The van der Waals surface area contributed by atoms with E-state index in [2.05, 4.69) is 13.0 Å². The second-order valence-corrected chi connectivity index (χ2v) is 5.18. The van der Waals surface area contributed by atoms with E-state index in [-0.39, 0.29) is 6.61 Å². The second-order valence-electron chi connectivity index (χ2n) is 2.93. The molecule has 0 heterocycles. The van der Waals surface area contributed by atoms with Gasteiger partial charge in [0, 0.05) is 6.61 Å². The molecule has 0 aromatic carbocycles. The Morgan fingerprint density at radius 3 is 2.69 bits per heavy atom. The Bertz CT molecular complexity index is 147. The van der Waals surface area contributed by atoms with Gasteiger partial charge in [0.2, 0.25) is 0 Å². The molecule has 1 unspecified atom stereocenters. The normalized spacial score (nSPS) is 12.4. The molecule has 0 aromatic rings. The largest absolute Gasteiger partial charge is 0.396 e. The highest BCUT2D eigenvalue weighted by Gasteiger charge is 1.98. The van der Waals surface area contributed by atoms with Gasteiger partial charge < -0.3 is 5.11 Å². The predicted octanol–water partition coefficient (Wildman–Crippen LogP) is 1.99. The van der Waals surface area contributed by atoms with Crippen LogP contribution in [0.2, 0.25) is 0 Å². The summed E-state index contributed by atoms with van der Waals surface area (Å²) in [6.45, 7) is 2.34. The smallest absolute Gasteiger partial charge is 0.0808 e. The second kappa shape index (κ2) is 10.2. The maximum Gasteiger partial charge on any atom is 0.0808 e. The van der Waals surface area contributed by atoms with Gasteiger partial charge in [-0.05, 0) is 29.6 Å². The van der Waals surface area contributed by atoms with Crippen molar-refractivity contribution in [1.82, 2.24) is 0 Å². The van der Waals surface area contributed by atoms with E-state index >= 15 is 0 Å². The van der Waals surface area contributed by atoms with Gasteiger partial charge in [-0.2, -0.15) is 17.0 Å². The van der Waals surface area contributed by atoms with Crippen LogP contribution in [0.3, 0.4) is 0 Å². The molecule has 0 aromatic heterocycles. The first-order valence-electron chi connectivity index (χ1n) is 4.44. The maximum atomic E-state index is 8.75. The molecule has 0 radical (unpaired) electrons. The van der Waals surface area contributed by atoms with Gasteiger partial charge in [0.25, 0.3) is 0 Å². The summed E-state index contributed by atoms with van der Waals surface area (Å²) in [5.74, 6) is 4.28. The van der Waals surface area contributed by atoms with Crippen LogP contribution in [-0.2, 0) is 0 Å². The molecule has 76 valence electrons. The van der Waals surface area contributed by atoms with Gasteiger partial charge in [-0.3, -0.25) is 0 Å². The van der Waals surface area contributed by atoms with Gasteiger partial charge in [-0.1, -0.05) is 6.92 Å². The SMILES string of the molecule is CC(CO)CSCCCSCC#N. The highest BCUT2D eigenvalue weighted by atomic mass is 32.2. The molecule has 1 N–H and O–H groups in total. The zero-order valence-electron chi connectivity index (χ0n) is 8.03.